The summed E-state index contributed by atoms with van der Waals surface area (Å²) in [5, 5.41) is 3.55. The van der Waals surface area contributed by atoms with Crippen molar-refractivity contribution in [1.82, 2.24) is 10.2 Å². The van der Waals surface area contributed by atoms with Crippen LogP contribution in [0.4, 0.5) is 0 Å². The van der Waals surface area contributed by atoms with Gasteiger partial charge in [0.2, 0.25) is 0 Å². The lowest BCUT2D eigenvalue weighted by Gasteiger charge is -2.32. The lowest BCUT2D eigenvalue weighted by atomic mass is 10.1. The first-order valence-electron chi connectivity index (χ1n) is 8.41. The van der Waals surface area contributed by atoms with Gasteiger partial charge in [-0.15, -0.1) is 0 Å². The zero-order chi connectivity index (χ0) is 13.8. The average molecular weight is 270 g/mol. The number of ether oxygens (including phenoxy) is 1. The average Bonchev–Trinajstić information content (AvgIpc) is 2.46. The highest BCUT2D eigenvalue weighted by Gasteiger charge is 2.18. The van der Waals surface area contributed by atoms with E-state index < -0.39 is 0 Å². The monoisotopic (exact) mass is 270 g/mol. The third-order valence-corrected chi connectivity index (χ3v) is 4.00. The molecule has 1 heterocycles. The summed E-state index contributed by atoms with van der Waals surface area (Å²) in [6.45, 7) is 10.9. The number of nitrogens with zero attached hydrogens (tertiary/aromatic N) is 1. The lowest BCUT2D eigenvalue weighted by molar-refractivity contribution is -0.0251. The summed E-state index contributed by atoms with van der Waals surface area (Å²) in [4.78, 5) is 2.48. The smallest absolute Gasteiger partial charge is 0.0826 e. The van der Waals surface area contributed by atoms with E-state index in [1.165, 1.54) is 44.9 Å². The van der Waals surface area contributed by atoms with Crippen LogP contribution in [-0.2, 0) is 4.74 Å². The van der Waals surface area contributed by atoms with Gasteiger partial charge in [0.1, 0.15) is 0 Å². The Morgan fingerprint density at radius 2 is 1.79 bits per heavy atom. The minimum atomic E-state index is 0.401. The molecule has 114 valence electrons. The van der Waals surface area contributed by atoms with Gasteiger partial charge in [0.15, 0.2) is 0 Å². The van der Waals surface area contributed by atoms with Gasteiger partial charge in [-0.3, -0.25) is 4.90 Å². The molecule has 3 nitrogen and oxygen atoms in total. The van der Waals surface area contributed by atoms with Gasteiger partial charge < -0.3 is 10.1 Å². The fourth-order valence-corrected chi connectivity index (χ4v) is 2.66. The van der Waals surface area contributed by atoms with Gasteiger partial charge in [0.05, 0.1) is 12.7 Å². The first-order chi connectivity index (χ1) is 9.36. The Balaban J connectivity index is 1.85. The van der Waals surface area contributed by atoms with Gasteiger partial charge in [0, 0.05) is 19.6 Å². The number of hydrogen-bond acceptors (Lipinski definition) is 3. The van der Waals surface area contributed by atoms with Crippen LogP contribution in [0, 0.1) is 0 Å². The number of morpholine rings is 1. The van der Waals surface area contributed by atoms with Crippen LogP contribution >= 0.6 is 0 Å². The largest absolute Gasteiger partial charge is 0.374 e. The fourth-order valence-electron chi connectivity index (χ4n) is 2.66. The van der Waals surface area contributed by atoms with Crippen LogP contribution in [-0.4, -0.2) is 50.3 Å². The molecule has 19 heavy (non-hydrogen) atoms. The van der Waals surface area contributed by atoms with Crippen LogP contribution in [0.2, 0.25) is 0 Å². The molecule has 1 unspecified atom stereocenters. The number of unbranched alkanes of at least 4 members (excludes halogenated alkanes) is 6. The van der Waals surface area contributed by atoms with Crippen LogP contribution in [0.3, 0.4) is 0 Å². The zero-order valence-corrected chi connectivity index (χ0v) is 13.1. The van der Waals surface area contributed by atoms with Crippen molar-refractivity contribution in [2.45, 2.75) is 64.9 Å². The molecule has 1 fully saturated rings. The molecular weight excluding hydrogens is 236 g/mol. The van der Waals surface area contributed by atoms with E-state index in [2.05, 4.69) is 24.1 Å². The van der Waals surface area contributed by atoms with E-state index >= 15 is 0 Å². The minimum absolute atomic E-state index is 0.401. The van der Waals surface area contributed by atoms with Crippen molar-refractivity contribution in [3.63, 3.8) is 0 Å². The van der Waals surface area contributed by atoms with Crippen LogP contribution in [0.15, 0.2) is 0 Å². The van der Waals surface area contributed by atoms with Gasteiger partial charge in [0.25, 0.3) is 0 Å². The van der Waals surface area contributed by atoms with Crippen molar-refractivity contribution in [2.75, 3.05) is 39.3 Å². The molecular formula is C16H34N2O. The van der Waals surface area contributed by atoms with Gasteiger partial charge in [-0.2, -0.15) is 0 Å². The molecule has 1 aliphatic rings. The lowest BCUT2D eigenvalue weighted by Crippen LogP contribution is -2.46. The highest BCUT2D eigenvalue weighted by atomic mass is 16.5. The number of rotatable bonds is 11. The Morgan fingerprint density at radius 1 is 1.05 bits per heavy atom. The van der Waals surface area contributed by atoms with Crippen molar-refractivity contribution < 1.29 is 4.74 Å². The van der Waals surface area contributed by atoms with Crippen LogP contribution in [0.25, 0.3) is 0 Å². The molecule has 0 saturated carbocycles. The van der Waals surface area contributed by atoms with Crippen LogP contribution in [0.5, 0.6) is 0 Å². The van der Waals surface area contributed by atoms with Gasteiger partial charge in [-0.1, -0.05) is 52.4 Å². The van der Waals surface area contributed by atoms with Gasteiger partial charge in [-0.05, 0) is 19.5 Å². The molecule has 0 bridgehead atoms. The molecule has 1 rings (SSSR count). The normalized spacial score (nSPS) is 20.8. The predicted molar refractivity (Wildman–Crippen MR) is 82.7 cm³/mol. The van der Waals surface area contributed by atoms with E-state index in [9.17, 15) is 0 Å². The van der Waals surface area contributed by atoms with Crippen molar-refractivity contribution in [1.29, 1.82) is 0 Å². The second-order valence-electron chi connectivity index (χ2n) is 5.71. The van der Waals surface area contributed by atoms with E-state index in [0.717, 1.165) is 39.3 Å². The minimum Gasteiger partial charge on any atom is -0.374 e. The summed E-state index contributed by atoms with van der Waals surface area (Å²) in [5.41, 5.74) is 0. The summed E-state index contributed by atoms with van der Waals surface area (Å²) in [6, 6.07) is 0. The Kier molecular flexibility index (Phi) is 10.4. The summed E-state index contributed by atoms with van der Waals surface area (Å²) in [7, 11) is 0. The highest BCUT2D eigenvalue weighted by molar-refractivity contribution is 4.72. The van der Waals surface area contributed by atoms with Crippen molar-refractivity contribution in [2.24, 2.45) is 0 Å². The summed E-state index contributed by atoms with van der Waals surface area (Å²) >= 11 is 0. The summed E-state index contributed by atoms with van der Waals surface area (Å²) < 4.78 is 5.78. The molecule has 1 aliphatic heterocycles. The molecule has 0 spiro atoms. The molecule has 1 saturated heterocycles. The Hall–Kier alpha value is -0.120. The van der Waals surface area contributed by atoms with Gasteiger partial charge in [-0.25, -0.2) is 0 Å². The van der Waals surface area contributed by atoms with E-state index in [4.69, 9.17) is 4.74 Å². The Morgan fingerprint density at radius 3 is 2.53 bits per heavy atom. The molecule has 0 radical (unpaired) electrons. The standard InChI is InChI=1S/C16H34N2O/c1-3-5-6-7-8-9-10-11-17-14-16-15-18(4-2)12-13-19-16/h16-17H,3-15H2,1-2H3. The Bertz CT molecular complexity index is 199. The van der Waals surface area contributed by atoms with Crippen molar-refractivity contribution in [3.05, 3.63) is 0 Å². The number of nitrogens with one attached hydrogen (secondary N) is 1. The van der Waals surface area contributed by atoms with Crippen molar-refractivity contribution in [3.8, 4) is 0 Å². The predicted octanol–water partition coefficient (Wildman–Crippen LogP) is 3.05. The first-order valence-corrected chi connectivity index (χ1v) is 8.41. The molecule has 0 amide bonds. The third-order valence-electron chi connectivity index (χ3n) is 4.00. The molecule has 1 N–H and O–H groups in total. The van der Waals surface area contributed by atoms with Crippen LogP contribution in [0.1, 0.15) is 58.8 Å². The maximum Gasteiger partial charge on any atom is 0.0826 e. The molecule has 1 atom stereocenters. The fraction of sp³-hybridized carbons (Fsp3) is 1.00. The maximum absolute atomic E-state index is 5.78. The zero-order valence-electron chi connectivity index (χ0n) is 13.1. The second-order valence-corrected chi connectivity index (χ2v) is 5.71. The van der Waals surface area contributed by atoms with E-state index in [1.807, 2.05) is 0 Å². The van der Waals surface area contributed by atoms with Gasteiger partial charge >= 0.3 is 0 Å². The molecule has 3 heteroatoms. The maximum atomic E-state index is 5.78. The summed E-state index contributed by atoms with van der Waals surface area (Å²) in [6.07, 6.45) is 10.1. The Labute approximate surface area is 120 Å². The molecule has 0 aromatic heterocycles. The molecule has 0 aliphatic carbocycles. The molecule has 0 aromatic rings. The van der Waals surface area contributed by atoms with E-state index in [1.54, 1.807) is 0 Å². The first kappa shape index (κ1) is 16.9. The number of hydrogen-bond donors (Lipinski definition) is 1. The summed E-state index contributed by atoms with van der Waals surface area (Å²) in [5.74, 6) is 0. The topological polar surface area (TPSA) is 24.5 Å². The van der Waals surface area contributed by atoms with E-state index in [-0.39, 0.29) is 0 Å². The third kappa shape index (κ3) is 8.61. The quantitative estimate of drug-likeness (QED) is 0.584. The van der Waals surface area contributed by atoms with Crippen LogP contribution < -0.4 is 5.32 Å². The SMILES string of the molecule is CCCCCCCCCNCC1CN(CC)CCO1. The van der Waals surface area contributed by atoms with E-state index in [0.29, 0.717) is 6.10 Å². The van der Waals surface area contributed by atoms with Crippen molar-refractivity contribution >= 4 is 0 Å². The molecule has 0 aromatic carbocycles. The highest BCUT2D eigenvalue weighted by Crippen LogP contribution is 2.07. The second kappa shape index (κ2) is 11.7. The number of likely N-dealkylation sites (N-methyl/N-ethyl adjacent to an activating group) is 1.